The van der Waals surface area contributed by atoms with Crippen LogP contribution in [0, 0.1) is 5.92 Å². The van der Waals surface area contributed by atoms with E-state index in [1.54, 1.807) is 4.90 Å². The van der Waals surface area contributed by atoms with Crippen LogP contribution in [0.1, 0.15) is 18.4 Å². The van der Waals surface area contributed by atoms with Gasteiger partial charge in [0, 0.05) is 30.4 Å². The largest absolute Gasteiger partial charge is 0.356 e. The number of rotatable bonds is 5. The molecule has 1 fully saturated rings. The minimum atomic E-state index is -0.767. The Morgan fingerprint density at radius 2 is 1.73 bits per heavy atom. The third-order valence-electron chi connectivity index (χ3n) is 5.59. The van der Waals surface area contributed by atoms with Crippen LogP contribution in [0.25, 0.3) is 0 Å². The van der Waals surface area contributed by atoms with Crippen molar-refractivity contribution in [1.82, 2.24) is 10.2 Å². The number of thioether (sulfide) groups is 1. The van der Waals surface area contributed by atoms with Gasteiger partial charge in [-0.2, -0.15) is 0 Å². The highest BCUT2D eigenvalue weighted by atomic mass is 32.2. The van der Waals surface area contributed by atoms with Crippen LogP contribution < -0.4 is 10.6 Å². The Bertz CT molecular complexity index is 926. The maximum Gasteiger partial charge on any atom is 0.247 e. The summed E-state index contributed by atoms with van der Waals surface area (Å²) in [6, 6.07) is 17.6. The maximum absolute atomic E-state index is 12.9. The summed E-state index contributed by atoms with van der Waals surface area (Å²) in [6.07, 6.45) is 2.05. The molecule has 2 aliphatic rings. The first-order valence-electron chi connectivity index (χ1n) is 10.3. The molecule has 156 valence electrons. The Kier molecular flexibility index (Phi) is 6.38. The quantitative estimate of drug-likeness (QED) is 0.725. The molecule has 30 heavy (non-hydrogen) atoms. The van der Waals surface area contributed by atoms with E-state index < -0.39 is 5.25 Å². The van der Waals surface area contributed by atoms with E-state index in [1.165, 1.54) is 17.3 Å². The number of carbonyl (C=O) groups is 3. The van der Waals surface area contributed by atoms with Gasteiger partial charge in [0.25, 0.3) is 0 Å². The fourth-order valence-corrected chi connectivity index (χ4v) is 4.93. The van der Waals surface area contributed by atoms with Crippen LogP contribution in [0.15, 0.2) is 59.5 Å². The Labute approximate surface area is 180 Å². The summed E-state index contributed by atoms with van der Waals surface area (Å²) in [5.74, 6) is -0.477. The molecular formula is C23H25N3O3S. The molecule has 2 aliphatic heterocycles. The third kappa shape index (κ3) is 4.67. The van der Waals surface area contributed by atoms with E-state index in [2.05, 4.69) is 10.6 Å². The highest BCUT2D eigenvalue weighted by Crippen LogP contribution is 2.36. The zero-order chi connectivity index (χ0) is 20.9. The fourth-order valence-electron chi connectivity index (χ4n) is 3.86. The molecule has 2 N–H and O–H groups in total. The molecule has 4 rings (SSSR count). The lowest BCUT2D eigenvalue weighted by Gasteiger charge is -2.34. The lowest BCUT2D eigenvalue weighted by atomic mass is 9.95. The summed E-state index contributed by atoms with van der Waals surface area (Å²) < 4.78 is 0. The van der Waals surface area contributed by atoms with Crippen molar-refractivity contribution in [2.24, 2.45) is 5.92 Å². The van der Waals surface area contributed by atoms with E-state index in [0.29, 0.717) is 32.5 Å². The summed E-state index contributed by atoms with van der Waals surface area (Å²) in [5, 5.41) is 5.07. The first kappa shape index (κ1) is 20.5. The van der Waals surface area contributed by atoms with Gasteiger partial charge in [-0.1, -0.05) is 42.5 Å². The van der Waals surface area contributed by atoms with E-state index in [4.69, 9.17) is 0 Å². The zero-order valence-electron chi connectivity index (χ0n) is 16.7. The fraction of sp³-hybridized carbons (Fsp3) is 0.348. The minimum absolute atomic E-state index is 0.0525. The van der Waals surface area contributed by atoms with Gasteiger partial charge in [0.2, 0.25) is 17.7 Å². The lowest BCUT2D eigenvalue weighted by molar-refractivity contribution is -0.137. The van der Waals surface area contributed by atoms with Crippen molar-refractivity contribution in [3.8, 4) is 0 Å². The van der Waals surface area contributed by atoms with Gasteiger partial charge in [-0.3, -0.25) is 14.4 Å². The second-order valence-electron chi connectivity index (χ2n) is 7.61. The Hall–Kier alpha value is -2.80. The molecule has 3 amide bonds. The van der Waals surface area contributed by atoms with Crippen molar-refractivity contribution in [2.45, 2.75) is 29.4 Å². The van der Waals surface area contributed by atoms with Crippen LogP contribution >= 0.6 is 11.8 Å². The number of piperidine rings is 1. The average molecular weight is 424 g/mol. The number of para-hydroxylation sites is 1. The average Bonchev–Trinajstić information content (AvgIpc) is 2.79. The van der Waals surface area contributed by atoms with E-state index >= 15 is 0 Å². The van der Waals surface area contributed by atoms with Gasteiger partial charge in [-0.25, -0.2) is 0 Å². The van der Waals surface area contributed by atoms with Crippen molar-refractivity contribution >= 4 is 35.2 Å². The first-order valence-corrected chi connectivity index (χ1v) is 11.2. The van der Waals surface area contributed by atoms with Gasteiger partial charge in [0.15, 0.2) is 5.25 Å². The molecule has 0 unspecified atom stereocenters. The SMILES string of the molecule is O=C(NCCc1ccccc1)C1CCN(C(=O)[C@@H]2Sc3ccccc3NC2=O)CC1. The van der Waals surface area contributed by atoms with Crippen LogP contribution in [0.4, 0.5) is 5.69 Å². The number of fused-ring (bicyclic) bond motifs is 1. The number of hydrogen-bond acceptors (Lipinski definition) is 4. The first-order chi connectivity index (χ1) is 14.6. The van der Waals surface area contributed by atoms with Crippen LogP contribution in [0.2, 0.25) is 0 Å². The van der Waals surface area contributed by atoms with E-state index in [-0.39, 0.29) is 23.6 Å². The van der Waals surface area contributed by atoms with Crippen LogP contribution in [0.3, 0.4) is 0 Å². The summed E-state index contributed by atoms with van der Waals surface area (Å²) >= 11 is 1.30. The molecule has 0 spiro atoms. The van der Waals surface area contributed by atoms with E-state index in [9.17, 15) is 14.4 Å². The molecule has 0 aliphatic carbocycles. The monoisotopic (exact) mass is 423 g/mol. The number of carbonyl (C=O) groups excluding carboxylic acids is 3. The number of nitrogens with one attached hydrogen (secondary N) is 2. The maximum atomic E-state index is 12.9. The lowest BCUT2D eigenvalue weighted by Crippen LogP contribution is -2.49. The predicted octanol–water partition coefficient (Wildman–Crippen LogP) is 2.70. The van der Waals surface area contributed by atoms with E-state index in [0.717, 1.165) is 17.0 Å². The highest BCUT2D eigenvalue weighted by Gasteiger charge is 2.37. The topological polar surface area (TPSA) is 78.5 Å². The molecule has 0 radical (unpaired) electrons. The summed E-state index contributed by atoms with van der Waals surface area (Å²) in [6.45, 7) is 1.61. The van der Waals surface area contributed by atoms with Crippen molar-refractivity contribution < 1.29 is 14.4 Å². The Balaban J connectivity index is 1.25. The third-order valence-corrected chi connectivity index (χ3v) is 6.85. The molecule has 0 bridgehead atoms. The van der Waals surface area contributed by atoms with Gasteiger partial charge < -0.3 is 15.5 Å². The van der Waals surface area contributed by atoms with Gasteiger partial charge in [0.1, 0.15) is 0 Å². The number of benzene rings is 2. The van der Waals surface area contributed by atoms with Gasteiger partial charge in [-0.15, -0.1) is 11.8 Å². The smallest absolute Gasteiger partial charge is 0.247 e. The summed E-state index contributed by atoms with van der Waals surface area (Å²) in [5.41, 5.74) is 1.95. The highest BCUT2D eigenvalue weighted by molar-refractivity contribution is 8.01. The van der Waals surface area contributed by atoms with Gasteiger partial charge in [-0.05, 0) is 37.0 Å². The molecule has 2 aromatic carbocycles. The summed E-state index contributed by atoms with van der Waals surface area (Å²) in [7, 11) is 0. The number of amides is 3. The molecular weight excluding hydrogens is 398 g/mol. The minimum Gasteiger partial charge on any atom is -0.356 e. The molecule has 0 saturated carbocycles. The number of anilines is 1. The molecule has 7 heteroatoms. The number of hydrogen-bond donors (Lipinski definition) is 2. The summed E-state index contributed by atoms with van der Waals surface area (Å²) in [4.78, 5) is 40.4. The predicted molar refractivity (Wildman–Crippen MR) is 117 cm³/mol. The zero-order valence-corrected chi connectivity index (χ0v) is 17.5. The molecule has 1 atom stereocenters. The molecule has 6 nitrogen and oxygen atoms in total. The second kappa shape index (κ2) is 9.34. The van der Waals surface area contributed by atoms with Crippen molar-refractivity contribution in [3.05, 3.63) is 60.2 Å². The number of likely N-dealkylation sites (tertiary alicyclic amines) is 1. The van der Waals surface area contributed by atoms with Crippen molar-refractivity contribution in [2.75, 3.05) is 25.0 Å². The molecule has 0 aromatic heterocycles. The molecule has 2 heterocycles. The van der Waals surface area contributed by atoms with Gasteiger partial charge in [0.05, 0.1) is 5.69 Å². The standard InChI is InChI=1S/C23H25N3O3S/c27-21(24-13-10-16-6-2-1-3-7-16)17-11-14-26(15-12-17)23(29)20-22(28)25-18-8-4-5-9-19(18)30-20/h1-9,17,20H,10-15H2,(H,24,27)(H,25,28)/t20-/m1/s1. The van der Waals surface area contributed by atoms with E-state index in [1.807, 2.05) is 54.6 Å². The van der Waals surface area contributed by atoms with Crippen molar-refractivity contribution in [1.29, 1.82) is 0 Å². The normalized spacial score (nSPS) is 19.0. The Morgan fingerprint density at radius 3 is 2.50 bits per heavy atom. The Morgan fingerprint density at radius 1 is 1.03 bits per heavy atom. The van der Waals surface area contributed by atoms with Crippen LogP contribution in [0.5, 0.6) is 0 Å². The van der Waals surface area contributed by atoms with Crippen molar-refractivity contribution in [3.63, 3.8) is 0 Å². The molecule has 2 aromatic rings. The van der Waals surface area contributed by atoms with Gasteiger partial charge >= 0.3 is 0 Å². The molecule has 1 saturated heterocycles. The van der Waals surface area contributed by atoms with Crippen LogP contribution in [-0.2, 0) is 20.8 Å². The van der Waals surface area contributed by atoms with Crippen LogP contribution in [-0.4, -0.2) is 47.5 Å². The number of nitrogens with zero attached hydrogens (tertiary/aromatic N) is 1. The second-order valence-corrected chi connectivity index (χ2v) is 8.76.